The second kappa shape index (κ2) is 9.44. The Morgan fingerprint density at radius 1 is 1.14 bits per heavy atom. The average molecular weight is 416 g/mol. The lowest BCUT2D eigenvalue weighted by molar-refractivity contribution is 0.0676. The van der Waals surface area contributed by atoms with Crippen LogP contribution >= 0.6 is 0 Å². The van der Waals surface area contributed by atoms with Gasteiger partial charge in [0.05, 0.1) is 23.7 Å². The van der Waals surface area contributed by atoms with Crippen LogP contribution in [-0.4, -0.2) is 43.4 Å². The minimum absolute atomic E-state index is 0.0173. The molecule has 2 aromatic rings. The highest BCUT2D eigenvalue weighted by molar-refractivity contribution is 7.91. The summed E-state index contributed by atoms with van der Waals surface area (Å²) >= 11 is 0. The summed E-state index contributed by atoms with van der Waals surface area (Å²) in [5.74, 6) is 0.522. The summed E-state index contributed by atoms with van der Waals surface area (Å²) in [7, 11) is -3.11. The molecule has 1 fully saturated rings. The summed E-state index contributed by atoms with van der Waals surface area (Å²) in [6, 6.07) is 14.9. The largest absolute Gasteiger partial charge is 0.493 e. The second-order valence-electron chi connectivity index (χ2n) is 7.67. The molecular formula is C23H29NO4S. The van der Waals surface area contributed by atoms with Crippen molar-refractivity contribution in [1.29, 1.82) is 0 Å². The molecule has 0 aromatic heterocycles. The van der Waals surface area contributed by atoms with Gasteiger partial charge in [-0.3, -0.25) is 4.79 Å². The van der Waals surface area contributed by atoms with Crippen LogP contribution in [0, 0.1) is 6.92 Å². The fourth-order valence-corrected chi connectivity index (χ4v) is 5.26. The zero-order valence-corrected chi connectivity index (χ0v) is 18.0. The summed E-state index contributed by atoms with van der Waals surface area (Å²) in [6.45, 7) is 5.03. The number of carbonyl (C=O) groups is 1. The van der Waals surface area contributed by atoms with Gasteiger partial charge in [0.1, 0.15) is 5.75 Å². The van der Waals surface area contributed by atoms with E-state index in [0.29, 0.717) is 30.9 Å². The van der Waals surface area contributed by atoms with E-state index in [0.717, 1.165) is 24.0 Å². The van der Waals surface area contributed by atoms with Crippen molar-refractivity contribution < 1.29 is 17.9 Å². The Kier molecular flexibility index (Phi) is 6.96. The molecular weight excluding hydrogens is 386 g/mol. The molecule has 1 aliphatic rings. The number of benzene rings is 2. The molecule has 1 heterocycles. The number of unbranched alkanes of at least 4 members (excludes halogenated alkanes) is 1. The zero-order valence-electron chi connectivity index (χ0n) is 17.1. The predicted octanol–water partition coefficient (Wildman–Crippen LogP) is 4.00. The van der Waals surface area contributed by atoms with E-state index in [1.54, 1.807) is 17.0 Å². The van der Waals surface area contributed by atoms with Gasteiger partial charge in [-0.05, 0) is 37.5 Å². The molecule has 0 spiro atoms. The van der Waals surface area contributed by atoms with Gasteiger partial charge in [0.15, 0.2) is 9.84 Å². The summed E-state index contributed by atoms with van der Waals surface area (Å²) in [6.07, 6.45) is 2.39. The van der Waals surface area contributed by atoms with Crippen molar-refractivity contribution >= 4 is 15.7 Å². The van der Waals surface area contributed by atoms with Gasteiger partial charge in [-0.1, -0.05) is 55.3 Å². The first-order valence-electron chi connectivity index (χ1n) is 10.2. The molecule has 1 aliphatic heterocycles. The Labute approximate surface area is 173 Å². The maximum absolute atomic E-state index is 13.5. The van der Waals surface area contributed by atoms with Crippen LogP contribution in [0.25, 0.3) is 0 Å². The van der Waals surface area contributed by atoms with Crippen molar-refractivity contribution in [1.82, 2.24) is 4.90 Å². The molecule has 1 atom stereocenters. The van der Waals surface area contributed by atoms with Gasteiger partial charge in [0, 0.05) is 12.6 Å². The Balaban J connectivity index is 1.89. The first-order valence-corrected chi connectivity index (χ1v) is 12.0. The average Bonchev–Trinajstić information content (AvgIpc) is 3.07. The van der Waals surface area contributed by atoms with Crippen molar-refractivity contribution in [3.8, 4) is 5.75 Å². The van der Waals surface area contributed by atoms with E-state index in [-0.39, 0.29) is 23.5 Å². The number of carbonyl (C=O) groups excluding carboxylic acids is 1. The zero-order chi connectivity index (χ0) is 20.9. The van der Waals surface area contributed by atoms with E-state index in [4.69, 9.17) is 4.74 Å². The molecule has 6 heteroatoms. The number of hydrogen-bond donors (Lipinski definition) is 0. The highest BCUT2D eigenvalue weighted by atomic mass is 32.2. The minimum atomic E-state index is -3.11. The maximum atomic E-state index is 13.5. The molecule has 0 N–H and O–H groups in total. The van der Waals surface area contributed by atoms with Crippen LogP contribution in [0.2, 0.25) is 0 Å². The Morgan fingerprint density at radius 3 is 2.52 bits per heavy atom. The molecule has 156 valence electrons. The van der Waals surface area contributed by atoms with Crippen molar-refractivity contribution in [3.63, 3.8) is 0 Å². The number of aryl methyl sites for hydroxylation is 1. The molecule has 0 saturated carbocycles. The third-order valence-corrected chi connectivity index (χ3v) is 7.01. The number of para-hydroxylation sites is 1. The topological polar surface area (TPSA) is 63.7 Å². The molecule has 5 nitrogen and oxygen atoms in total. The number of rotatable bonds is 8. The van der Waals surface area contributed by atoms with E-state index in [2.05, 4.69) is 6.92 Å². The van der Waals surface area contributed by atoms with Crippen LogP contribution in [0.4, 0.5) is 0 Å². The SMILES string of the molecule is CCCCOc1ccccc1C(=O)N(Cc1ccc(C)cc1)C1CCS(=O)(=O)C1. The first kappa shape index (κ1) is 21.4. The third kappa shape index (κ3) is 5.60. The van der Waals surface area contributed by atoms with Crippen molar-refractivity contribution in [2.24, 2.45) is 0 Å². The van der Waals surface area contributed by atoms with Crippen LogP contribution < -0.4 is 4.74 Å². The summed E-state index contributed by atoms with van der Waals surface area (Å²) in [4.78, 5) is 15.2. The van der Waals surface area contributed by atoms with Gasteiger partial charge in [0.2, 0.25) is 0 Å². The van der Waals surface area contributed by atoms with E-state index in [1.807, 2.05) is 43.3 Å². The molecule has 29 heavy (non-hydrogen) atoms. The van der Waals surface area contributed by atoms with Crippen molar-refractivity contribution in [2.45, 2.75) is 45.7 Å². The lowest BCUT2D eigenvalue weighted by Gasteiger charge is -2.29. The Morgan fingerprint density at radius 2 is 1.86 bits per heavy atom. The van der Waals surface area contributed by atoms with Crippen LogP contribution in [-0.2, 0) is 16.4 Å². The fourth-order valence-electron chi connectivity index (χ4n) is 3.53. The molecule has 3 rings (SSSR count). The van der Waals surface area contributed by atoms with Crippen LogP contribution in [0.3, 0.4) is 0 Å². The van der Waals surface area contributed by atoms with Crippen molar-refractivity contribution in [3.05, 3.63) is 65.2 Å². The van der Waals surface area contributed by atoms with Gasteiger partial charge in [-0.25, -0.2) is 8.42 Å². The van der Waals surface area contributed by atoms with Gasteiger partial charge in [-0.2, -0.15) is 0 Å². The number of hydrogen-bond acceptors (Lipinski definition) is 4. The van der Waals surface area contributed by atoms with E-state index in [1.165, 1.54) is 0 Å². The Bertz CT molecular complexity index is 938. The summed E-state index contributed by atoms with van der Waals surface area (Å²) in [5, 5.41) is 0. The van der Waals surface area contributed by atoms with Crippen molar-refractivity contribution in [2.75, 3.05) is 18.1 Å². The van der Waals surface area contributed by atoms with Gasteiger partial charge < -0.3 is 9.64 Å². The first-order chi connectivity index (χ1) is 13.9. The number of amides is 1. The second-order valence-corrected chi connectivity index (χ2v) is 9.90. The van der Waals surface area contributed by atoms with E-state index >= 15 is 0 Å². The van der Waals surface area contributed by atoms with E-state index < -0.39 is 9.84 Å². The Hall–Kier alpha value is -2.34. The highest BCUT2D eigenvalue weighted by Crippen LogP contribution is 2.26. The standard InChI is InChI=1S/C23H29NO4S/c1-3-4-14-28-22-8-6-5-7-21(22)23(25)24(20-13-15-29(26,27)17-20)16-19-11-9-18(2)10-12-19/h5-12,20H,3-4,13-17H2,1-2H3. The molecule has 0 bridgehead atoms. The molecule has 0 aliphatic carbocycles. The third-order valence-electron chi connectivity index (χ3n) is 5.26. The summed E-state index contributed by atoms with van der Waals surface area (Å²) < 4.78 is 30.0. The van der Waals surface area contributed by atoms with Gasteiger partial charge >= 0.3 is 0 Å². The quantitative estimate of drug-likeness (QED) is 0.611. The molecule has 1 unspecified atom stereocenters. The predicted molar refractivity (Wildman–Crippen MR) is 115 cm³/mol. The van der Waals surface area contributed by atoms with Crippen LogP contribution in [0.15, 0.2) is 48.5 Å². The maximum Gasteiger partial charge on any atom is 0.258 e. The van der Waals surface area contributed by atoms with Gasteiger partial charge in [-0.15, -0.1) is 0 Å². The van der Waals surface area contributed by atoms with E-state index in [9.17, 15) is 13.2 Å². The molecule has 0 radical (unpaired) electrons. The fraction of sp³-hybridized carbons (Fsp3) is 0.435. The van der Waals surface area contributed by atoms with Gasteiger partial charge in [0.25, 0.3) is 5.91 Å². The summed E-state index contributed by atoms with van der Waals surface area (Å²) in [5.41, 5.74) is 2.61. The monoisotopic (exact) mass is 415 g/mol. The van der Waals surface area contributed by atoms with Crippen LogP contribution in [0.1, 0.15) is 47.7 Å². The molecule has 1 saturated heterocycles. The van der Waals surface area contributed by atoms with Crippen LogP contribution in [0.5, 0.6) is 5.75 Å². The smallest absolute Gasteiger partial charge is 0.258 e. The molecule has 1 amide bonds. The highest BCUT2D eigenvalue weighted by Gasteiger charge is 2.35. The minimum Gasteiger partial charge on any atom is -0.493 e. The number of ether oxygens (including phenoxy) is 1. The lowest BCUT2D eigenvalue weighted by Crippen LogP contribution is -2.40. The molecule has 2 aromatic carbocycles. The normalized spacial score (nSPS) is 17.8. The number of sulfone groups is 1. The number of nitrogens with zero attached hydrogens (tertiary/aromatic N) is 1. The lowest BCUT2D eigenvalue weighted by atomic mass is 10.1.